The van der Waals surface area contributed by atoms with Crippen molar-refractivity contribution in [2.75, 3.05) is 0 Å². The Bertz CT molecular complexity index is 352. The molecule has 1 N–H and O–H groups in total. The van der Waals surface area contributed by atoms with E-state index in [1.54, 1.807) is 12.1 Å². The number of hydrogen-bond acceptors (Lipinski definition) is 1. The van der Waals surface area contributed by atoms with Crippen molar-refractivity contribution < 1.29 is 4.39 Å². The average molecular weight is 258 g/mol. The van der Waals surface area contributed by atoms with Gasteiger partial charge in [-0.3, -0.25) is 0 Å². The molecule has 1 atom stereocenters. The number of benzene rings is 1. The summed E-state index contributed by atoms with van der Waals surface area (Å²) in [4.78, 5) is 0. The molecule has 1 nitrogen and oxygen atoms in total. The van der Waals surface area contributed by atoms with Crippen LogP contribution in [0.1, 0.15) is 51.6 Å². The molecule has 0 aliphatic carbocycles. The quantitative estimate of drug-likeness (QED) is 0.778. The molecule has 0 bridgehead atoms. The van der Waals surface area contributed by atoms with E-state index in [9.17, 15) is 4.39 Å². The van der Waals surface area contributed by atoms with Gasteiger partial charge in [-0.2, -0.15) is 0 Å². The first kappa shape index (κ1) is 14.5. The first-order valence-electron chi connectivity index (χ1n) is 6.25. The molecule has 17 heavy (non-hydrogen) atoms. The molecule has 0 radical (unpaired) electrons. The molecule has 0 heterocycles. The lowest BCUT2D eigenvalue weighted by molar-refractivity contribution is 0.424. The first-order valence-corrected chi connectivity index (χ1v) is 6.63. The standard InChI is InChI=1S/C14H21ClFN/c1-4-5-6-14(17-10(2)3)12-8-7-11(15)9-13(12)16/h7-10,14,17H,4-6H2,1-3H3. The molecular weight excluding hydrogens is 237 g/mol. The highest BCUT2D eigenvalue weighted by molar-refractivity contribution is 6.30. The minimum absolute atomic E-state index is 0.0761. The number of halogens is 2. The molecule has 0 fully saturated rings. The average Bonchev–Trinajstić information content (AvgIpc) is 2.24. The highest BCUT2D eigenvalue weighted by Crippen LogP contribution is 2.25. The predicted molar refractivity (Wildman–Crippen MR) is 71.9 cm³/mol. The zero-order valence-corrected chi connectivity index (χ0v) is 11.5. The molecule has 1 aromatic carbocycles. The predicted octanol–water partition coefficient (Wildman–Crippen LogP) is 4.71. The molecule has 1 rings (SSSR count). The largest absolute Gasteiger partial charge is 0.308 e. The van der Waals surface area contributed by atoms with Crippen LogP contribution in [0.2, 0.25) is 5.02 Å². The fourth-order valence-corrected chi connectivity index (χ4v) is 2.08. The van der Waals surface area contributed by atoms with Gasteiger partial charge in [0.1, 0.15) is 5.82 Å². The normalized spacial score (nSPS) is 13.1. The lowest BCUT2D eigenvalue weighted by Gasteiger charge is -2.22. The Kier molecular flexibility index (Phi) is 5.93. The van der Waals surface area contributed by atoms with Gasteiger partial charge in [-0.05, 0) is 18.6 Å². The van der Waals surface area contributed by atoms with Gasteiger partial charge in [0.05, 0.1) is 0 Å². The summed E-state index contributed by atoms with van der Waals surface area (Å²) in [6.45, 7) is 6.30. The maximum absolute atomic E-state index is 13.9. The van der Waals surface area contributed by atoms with Gasteiger partial charge in [0.25, 0.3) is 0 Å². The Hall–Kier alpha value is -0.600. The van der Waals surface area contributed by atoms with Crippen molar-refractivity contribution in [2.45, 2.75) is 52.1 Å². The first-order chi connectivity index (χ1) is 8.04. The van der Waals surface area contributed by atoms with Gasteiger partial charge in [-0.15, -0.1) is 0 Å². The van der Waals surface area contributed by atoms with E-state index in [0.717, 1.165) is 24.8 Å². The third kappa shape index (κ3) is 4.64. The molecule has 0 amide bonds. The number of unbranched alkanes of at least 4 members (excludes halogenated alkanes) is 1. The summed E-state index contributed by atoms with van der Waals surface area (Å²) in [5.74, 6) is -0.216. The SMILES string of the molecule is CCCCC(NC(C)C)c1ccc(Cl)cc1F. The van der Waals surface area contributed by atoms with Gasteiger partial charge in [0, 0.05) is 22.7 Å². The third-order valence-electron chi connectivity index (χ3n) is 2.72. The van der Waals surface area contributed by atoms with E-state index in [1.807, 2.05) is 0 Å². The van der Waals surface area contributed by atoms with Crippen LogP contribution in [0.5, 0.6) is 0 Å². The molecule has 0 aliphatic rings. The fourth-order valence-electron chi connectivity index (χ4n) is 1.92. The highest BCUT2D eigenvalue weighted by Gasteiger charge is 2.16. The topological polar surface area (TPSA) is 12.0 Å². The van der Waals surface area contributed by atoms with Crippen LogP contribution in [0.25, 0.3) is 0 Å². The van der Waals surface area contributed by atoms with E-state index in [1.165, 1.54) is 6.07 Å². The number of rotatable bonds is 6. The Morgan fingerprint density at radius 1 is 1.35 bits per heavy atom. The lowest BCUT2D eigenvalue weighted by atomic mass is 10.00. The van der Waals surface area contributed by atoms with Gasteiger partial charge in [0.2, 0.25) is 0 Å². The highest BCUT2D eigenvalue weighted by atomic mass is 35.5. The molecule has 96 valence electrons. The minimum atomic E-state index is -0.216. The monoisotopic (exact) mass is 257 g/mol. The molecule has 0 aromatic heterocycles. The van der Waals surface area contributed by atoms with Crippen molar-refractivity contribution in [3.63, 3.8) is 0 Å². The molecule has 0 saturated carbocycles. The fraction of sp³-hybridized carbons (Fsp3) is 0.571. The smallest absolute Gasteiger partial charge is 0.129 e. The molecule has 1 aromatic rings. The van der Waals surface area contributed by atoms with Crippen LogP contribution >= 0.6 is 11.6 Å². The summed E-state index contributed by atoms with van der Waals surface area (Å²) >= 11 is 5.77. The summed E-state index contributed by atoms with van der Waals surface area (Å²) in [6, 6.07) is 5.34. The molecule has 0 spiro atoms. The molecule has 1 unspecified atom stereocenters. The molecule has 0 aliphatic heterocycles. The summed E-state index contributed by atoms with van der Waals surface area (Å²) in [5, 5.41) is 3.86. The van der Waals surface area contributed by atoms with E-state index in [4.69, 9.17) is 11.6 Å². The third-order valence-corrected chi connectivity index (χ3v) is 2.95. The zero-order chi connectivity index (χ0) is 12.8. The second-order valence-electron chi connectivity index (χ2n) is 4.68. The van der Waals surface area contributed by atoms with Gasteiger partial charge in [0.15, 0.2) is 0 Å². The summed E-state index contributed by atoms with van der Waals surface area (Å²) in [6.07, 6.45) is 3.16. The lowest BCUT2D eigenvalue weighted by Crippen LogP contribution is -2.28. The van der Waals surface area contributed by atoms with E-state index < -0.39 is 0 Å². The second-order valence-corrected chi connectivity index (χ2v) is 5.12. The summed E-state index contributed by atoms with van der Waals surface area (Å²) in [5.41, 5.74) is 0.719. The van der Waals surface area contributed by atoms with Crippen LogP contribution in [0, 0.1) is 5.82 Å². The molecule has 0 saturated heterocycles. The van der Waals surface area contributed by atoms with Crippen molar-refractivity contribution in [1.29, 1.82) is 0 Å². The van der Waals surface area contributed by atoms with Crippen LogP contribution in [-0.2, 0) is 0 Å². The van der Waals surface area contributed by atoms with E-state index in [2.05, 4.69) is 26.1 Å². The van der Waals surface area contributed by atoms with Crippen LogP contribution in [0.15, 0.2) is 18.2 Å². The maximum atomic E-state index is 13.9. The Morgan fingerprint density at radius 2 is 2.06 bits per heavy atom. The van der Waals surface area contributed by atoms with Crippen molar-refractivity contribution in [1.82, 2.24) is 5.32 Å². The summed E-state index contributed by atoms with van der Waals surface area (Å²) in [7, 11) is 0. The Morgan fingerprint density at radius 3 is 2.59 bits per heavy atom. The van der Waals surface area contributed by atoms with E-state index >= 15 is 0 Å². The van der Waals surface area contributed by atoms with Crippen molar-refractivity contribution in [2.24, 2.45) is 0 Å². The second kappa shape index (κ2) is 6.97. The minimum Gasteiger partial charge on any atom is -0.308 e. The Labute approximate surface area is 108 Å². The summed E-state index contributed by atoms with van der Waals surface area (Å²) < 4.78 is 13.9. The van der Waals surface area contributed by atoms with Gasteiger partial charge in [-0.25, -0.2) is 4.39 Å². The van der Waals surface area contributed by atoms with Gasteiger partial charge >= 0.3 is 0 Å². The van der Waals surface area contributed by atoms with Crippen molar-refractivity contribution in [3.8, 4) is 0 Å². The molecular formula is C14H21ClFN. The maximum Gasteiger partial charge on any atom is 0.129 e. The van der Waals surface area contributed by atoms with Crippen LogP contribution < -0.4 is 5.32 Å². The van der Waals surface area contributed by atoms with Crippen molar-refractivity contribution in [3.05, 3.63) is 34.6 Å². The number of hydrogen-bond donors (Lipinski definition) is 1. The van der Waals surface area contributed by atoms with Gasteiger partial charge < -0.3 is 5.32 Å². The van der Waals surface area contributed by atoms with Crippen molar-refractivity contribution >= 4 is 11.6 Å². The molecule has 3 heteroatoms. The van der Waals surface area contributed by atoms with E-state index in [-0.39, 0.29) is 11.9 Å². The van der Waals surface area contributed by atoms with Gasteiger partial charge in [-0.1, -0.05) is 51.3 Å². The Balaban J connectivity index is 2.86. The van der Waals surface area contributed by atoms with Crippen LogP contribution in [-0.4, -0.2) is 6.04 Å². The van der Waals surface area contributed by atoms with Crippen LogP contribution in [0.3, 0.4) is 0 Å². The number of nitrogens with one attached hydrogen (secondary N) is 1. The zero-order valence-electron chi connectivity index (χ0n) is 10.8. The van der Waals surface area contributed by atoms with Crippen LogP contribution in [0.4, 0.5) is 4.39 Å². The van der Waals surface area contributed by atoms with E-state index in [0.29, 0.717) is 11.1 Å².